The highest BCUT2D eigenvalue weighted by Gasteiger charge is 2.22. The molecule has 2 aromatic carbocycles. The van der Waals surface area contributed by atoms with Crippen molar-refractivity contribution in [1.29, 1.82) is 0 Å². The van der Waals surface area contributed by atoms with E-state index >= 15 is 0 Å². The van der Waals surface area contributed by atoms with Crippen molar-refractivity contribution in [2.75, 3.05) is 42.9 Å². The van der Waals surface area contributed by atoms with E-state index in [0.29, 0.717) is 10.0 Å². The minimum absolute atomic E-state index is 0.217. The summed E-state index contributed by atoms with van der Waals surface area (Å²) in [6.07, 6.45) is 2.67. The lowest BCUT2D eigenvalue weighted by Gasteiger charge is -2.29. The van der Waals surface area contributed by atoms with Gasteiger partial charge in [-0.05, 0) is 42.8 Å². The zero-order valence-corrected chi connectivity index (χ0v) is 21.0. The van der Waals surface area contributed by atoms with E-state index in [4.69, 9.17) is 28.2 Å². The number of hydrogen-bond donors (Lipinski definition) is 2. The molecule has 6 rings (SSSR count). The van der Waals surface area contributed by atoms with E-state index in [1.807, 2.05) is 24.3 Å². The van der Waals surface area contributed by atoms with E-state index in [1.165, 1.54) is 6.07 Å². The van der Waals surface area contributed by atoms with Crippen LogP contribution in [0.4, 0.5) is 21.6 Å². The minimum Gasteiger partial charge on any atom is -0.371 e. The monoisotopic (exact) mass is 523 g/mol. The molecule has 0 radical (unpaired) electrons. The fourth-order valence-electron chi connectivity index (χ4n) is 4.80. The standard InChI is InChI=1S/C26H24Cl2FN7/c27-17-2-4-19(21(28)13-17)20-12-16-15-32-26(34-24(16)36-9-1-6-31-25(20)36)33-23-5-3-18(14-22(23)29)35-10-7-30-8-11-35/h2-5,12-15,30-31H,1,6-11H2. The zero-order valence-electron chi connectivity index (χ0n) is 19.4. The van der Waals surface area contributed by atoms with Crippen LogP contribution in [0.3, 0.4) is 0 Å². The summed E-state index contributed by atoms with van der Waals surface area (Å²) in [5.41, 5.74) is 3.96. The molecule has 184 valence electrons. The van der Waals surface area contributed by atoms with Crippen LogP contribution in [0.5, 0.6) is 0 Å². The molecule has 0 spiro atoms. The van der Waals surface area contributed by atoms with E-state index in [-0.39, 0.29) is 17.1 Å². The molecule has 4 aliphatic rings. The van der Waals surface area contributed by atoms with Crippen molar-refractivity contribution in [3.05, 3.63) is 70.1 Å². The van der Waals surface area contributed by atoms with E-state index in [9.17, 15) is 4.39 Å². The van der Waals surface area contributed by atoms with Crippen molar-refractivity contribution in [3.63, 3.8) is 0 Å². The zero-order chi connectivity index (χ0) is 24.6. The van der Waals surface area contributed by atoms with Crippen molar-refractivity contribution in [1.82, 2.24) is 19.9 Å². The van der Waals surface area contributed by atoms with Crippen LogP contribution in [-0.2, 0) is 6.54 Å². The first-order chi connectivity index (χ1) is 17.6. The van der Waals surface area contributed by atoms with E-state index in [1.54, 1.807) is 18.3 Å². The highest BCUT2D eigenvalue weighted by Crippen LogP contribution is 2.39. The van der Waals surface area contributed by atoms with Crippen molar-refractivity contribution < 1.29 is 4.39 Å². The predicted octanol–water partition coefficient (Wildman–Crippen LogP) is 4.95. The molecule has 2 N–H and O–H groups in total. The Hall–Kier alpha value is -3.20. The van der Waals surface area contributed by atoms with Crippen LogP contribution in [0.25, 0.3) is 22.5 Å². The maximum absolute atomic E-state index is 15.0. The lowest BCUT2D eigenvalue weighted by molar-refractivity contribution is 0.585. The van der Waals surface area contributed by atoms with E-state index < -0.39 is 0 Å². The van der Waals surface area contributed by atoms with E-state index in [0.717, 1.165) is 79.7 Å². The first kappa shape index (κ1) is 23.2. The van der Waals surface area contributed by atoms with Gasteiger partial charge in [0.25, 0.3) is 5.62 Å². The second-order valence-electron chi connectivity index (χ2n) is 8.90. The number of rotatable bonds is 3. The van der Waals surface area contributed by atoms with Crippen molar-refractivity contribution in [2.45, 2.75) is 13.0 Å². The number of anilines is 2. The molecule has 0 atom stereocenters. The van der Waals surface area contributed by atoms with Gasteiger partial charge in [-0.25, -0.2) is 14.4 Å². The summed E-state index contributed by atoms with van der Waals surface area (Å²) in [4.78, 5) is 15.7. The van der Waals surface area contributed by atoms with Crippen molar-refractivity contribution >= 4 is 40.4 Å². The maximum Gasteiger partial charge on any atom is 0.251 e. The highest BCUT2D eigenvalue weighted by atomic mass is 35.5. The topological polar surface area (TPSA) is 70.4 Å². The molecular weight excluding hydrogens is 500 g/mol. The number of halogens is 3. The number of piperazine rings is 1. The van der Waals surface area contributed by atoms with Crippen molar-refractivity contribution in [2.24, 2.45) is 4.99 Å². The summed E-state index contributed by atoms with van der Waals surface area (Å²) in [5, 5.41) is 7.96. The molecule has 1 saturated heterocycles. The summed E-state index contributed by atoms with van der Waals surface area (Å²) < 4.78 is 17.1. The number of benzene rings is 2. The van der Waals surface area contributed by atoms with Gasteiger partial charge in [-0.3, -0.25) is 0 Å². The van der Waals surface area contributed by atoms with Gasteiger partial charge in [-0.15, -0.1) is 0 Å². The lowest BCUT2D eigenvalue weighted by Crippen LogP contribution is -2.43. The predicted molar refractivity (Wildman–Crippen MR) is 142 cm³/mol. The average Bonchev–Trinajstić information content (AvgIpc) is 2.90. The van der Waals surface area contributed by atoms with Gasteiger partial charge in [0.2, 0.25) is 0 Å². The molecule has 0 aromatic heterocycles. The molecule has 4 aliphatic heterocycles. The van der Waals surface area contributed by atoms with Crippen LogP contribution in [0.2, 0.25) is 10.0 Å². The number of hydrogen-bond acceptors (Lipinski definition) is 6. The molecule has 1 fully saturated rings. The molecule has 36 heavy (non-hydrogen) atoms. The van der Waals surface area contributed by atoms with Gasteiger partial charge in [0, 0.05) is 72.9 Å². The first-order valence-corrected chi connectivity index (χ1v) is 12.7. The molecule has 0 unspecified atom stereocenters. The third kappa shape index (κ3) is 4.40. The first-order valence-electron chi connectivity index (χ1n) is 12.0. The summed E-state index contributed by atoms with van der Waals surface area (Å²) in [6.45, 7) is 5.11. The Labute approximate surface area is 218 Å². The number of nitrogens with zero attached hydrogens (tertiary/aromatic N) is 5. The fourth-order valence-corrected chi connectivity index (χ4v) is 5.31. The van der Waals surface area contributed by atoms with Crippen molar-refractivity contribution in [3.8, 4) is 22.5 Å². The van der Waals surface area contributed by atoms with Gasteiger partial charge in [-0.2, -0.15) is 4.98 Å². The summed E-state index contributed by atoms with van der Waals surface area (Å²) >= 11 is 12.7. The van der Waals surface area contributed by atoms with Gasteiger partial charge >= 0.3 is 0 Å². The lowest BCUT2D eigenvalue weighted by atomic mass is 10.0. The number of aromatic nitrogens is 3. The molecule has 4 heterocycles. The maximum atomic E-state index is 15.0. The Kier molecular flexibility index (Phi) is 6.25. The Bertz CT molecular complexity index is 1480. The van der Waals surface area contributed by atoms with Crippen LogP contribution in [0, 0.1) is 5.82 Å². The Morgan fingerprint density at radius 2 is 1.81 bits per heavy atom. The minimum atomic E-state index is -0.390. The average molecular weight is 524 g/mol. The normalized spacial score (nSPS) is 16.2. The Morgan fingerprint density at radius 3 is 2.61 bits per heavy atom. The van der Waals surface area contributed by atoms with Crippen LogP contribution in [0.1, 0.15) is 6.42 Å². The molecule has 10 heteroatoms. The summed E-state index contributed by atoms with van der Waals surface area (Å²) in [6, 6.07) is 12.6. The van der Waals surface area contributed by atoms with Gasteiger partial charge in [0.05, 0.1) is 5.02 Å². The molecule has 7 nitrogen and oxygen atoms in total. The molecule has 0 saturated carbocycles. The van der Waals surface area contributed by atoms with Crippen LogP contribution < -0.4 is 21.2 Å². The van der Waals surface area contributed by atoms with Gasteiger partial charge in [0.1, 0.15) is 17.3 Å². The summed E-state index contributed by atoms with van der Waals surface area (Å²) in [7, 11) is 0. The molecule has 2 aromatic rings. The smallest absolute Gasteiger partial charge is 0.251 e. The largest absolute Gasteiger partial charge is 0.371 e. The molecule has 0 amide bonds. The number of nitrogens with one attached hydrogen (secondary N) is 2. The highest BCUT2D eigenvalue weighted by molar-refractivity contribution is 6.36. The SMILES string of the molecule is Fc1cc(N2CCNCC2)ccc1N=c1ncc2cc(-c3ccc(Cl)cc3Cl)c3n(c-2n1)CCCN3. The number of fused-ring (bicyclic) bond motifs is 3. The fraction of sp³-hybridized carbons (Fsp3) is 0.269. The van der Waals surface area contributed by atoms with Gasteiger partial charge in [0.15, 0.2) is 5.82 Å². The Balaban J connectivity index is 1.42. The number of pyridine rings is 1. The van der Waals surface area contributed by atoms with Crippen LogP contribution in [0.15, 0.2) is 53.7 Å². The second-order valence-corrected chi connectivity index (χ2v) is 9.74. The molecular formula is C26H24Cl2FN7. The third-order valence-electron chi connectivity index (χ3n) is 6.57. The van der Waals surface area contributed by atoms with E-state index in [2.05, 4.69) is 30.1 Å². The quantitative estimate of drug-likeness (QED) is 0.397. The third-order valence-corrected chi connectivity index (χ3v) is 7.12. The summed E-state index contributed by atoms with van der Waals surface area (Å²) in [5.74, 6) is 1.27. The van der Waals surface area contributed by atoms with Gasteiger partial charge < -0.3 is 20.1 Å². The molecule has 0 aliphatic carbocycles. The second kappa shape index (κ2) is 9.69. The van der Waals surface area contributed by atoms with Crippen LogP contribution >= 0.6 is 23.2 Å². The van der Waals surface area contributed by atoms with Crippen LogP contribution in [-0.4, -0.2) is 47.3 Å². The Morgan fingerprint density at radius 1 is 0.944 bits per heavy atom. The molecule has 0 bridgehead atoms. The van der Waals surface area contributed by atoms with Gasteiger partial charge in [-0.1, -0.05) is 29.3 Å².